The van der Waals surface area contributed by atoms with Gasteiger partial charge in [-0.1, -0.05) is 30.3 Å². The second-order valence-corrected chi connectivity index (χ2v) is 3.02. The smallest absolute Gasteiger partial charge is 0.313 e. The van der Waals surface area contributed by atoms with Gasteiger partial charge in [-0.2, -0.15) is 0 Å². The van der Waals surface area contributed by atoms with Crippen molar-refractivity contribution in [3.05, 3.63) is 35.9 Å². The van der Waals surface area contributed by atoms with E-state index in [-0.39, 0.29) is 13.0 Å². The van der Waals surface area contributed by atoms with Gasteiger partial charge in [0.1, 0.15) is 19.6 Å². The number of ketones is 1. The summed E-state index contributed by atoms with van der Waals surface area (Å²) in [5, 5.41) is 8.41. The molecule has 4 heteroatoms. The molecule has 0 radical (unpaired) electrons. The van der Waals surface area contributed by atoms with Crippen LogP contribution in [-0.4, -0.2) is 23.5 Å². The number of carbonyl (C=O) groups excluding carboxylic acids is 2. The van der Waals surface area contributed by atoms with Crippen LogP contribution >= 0.6 is 0 Å². The van der Waals surface area contributed by atoms with Gasteiger partial charge in [0.15, 0.2) is 5.78 Å². The van der Waals surface area contributed by atoms with Gasteiger partial charge in [-0.15, -0.1) is 0 Å². The van der Waals surface area contributed by atoms with E-state index < -0.39 is 18.4 Å². The predicted octanol–water partition coefficient (Wildman–Crippen LogP) is 0.681. The molecule has 0 aliphatic carbocycles. The molecular formula is C11H12O4. The molecule has 0 saturated carbocycles. The third kappa shape index (κ3) is 4.37. The molecule has 0 amide bonds. The maximum absolute atomic E-state index is 11.0. The minimum atomic E-state index is -0.625. The van der Waals surface area contributed by atoms with Crippen molar-refractivity contribution in [1.29, 1.82) is 0 Å². The molecular weight excluding hydrogens is 196 g/mol. The summed E-state index contributed by atoms with van der Waals surface area (Å²) in [5.41, 5.74) is 0.863. The van der Waals surface area contributed by atoms with E-state index in [4.69, 9.17) is 9.84 Å². The zero-order chi connectivity index (χ0) is 11.1. The van der Waals surface area contributed by atoms with Gasteiger partial charge in [-0.25, -0.2) is 0 Å². The zero-order valence-corrected chi connectivity index (χ0v) is 8.18. The second kappa shape index (κ2) is 5.93. The molecule has 0 aliphatic heterocycles. The van der Waals surface area contributed by atoms with Crippen molar-refractivity contribution in [1.82, 2.24) is 0 Å². The molecule has 0 bridgehead atoms. The molecule has 0 aliphatic rings. The number of aliphatic hydroxyl groups excluding tert-OH is 1. The number of carbonyl (C=O) groups is 2. The lowest BCUT2D eigenvalue weighted by molar-refractivity contribution is -0.147. The fraction of sp³-hybridized carbons (Fsp3) is 0.273. The second-order valence-electron chi connectivity index (χ2n) is 3.02. The van der Waals surface area contributed by atoms with Crippen LogP contribution in [0.25, 0.3) is 0 Å². The third-order valence-electron chi connectivity index (χ3n) is 1.76. The maximum Gasteiger partial charge on any atom is 0.313 e. The lowest BCUT2D eigenvalue weighted by Gasteiger charge is -2.03. The quantitative estimate of drug-likeness (QED) is 0.571. The SMILES string of the molecule is O=C(CO)CC(=O)OCc1ccccc1. The molecule has 1 N–H and O–H groups in total. The number of rotatable bonds is 5. The van der Waals surface area contributed by atoms with Crippen molar-refractivity contribution in [2.75, 3.05) is 6.61 Å². The Morgan fingerprint density at radius 2 is 1.87 bits per heavy atom. The Hall–Kier alpha value is -1.68. The highest BCUT2D eigenvalue weighted by molar-refractivity contribution is 5.96. The van der Waals surface area contributed by atoms with Crippen LogP contribution in [0.1, 0.15) is 12.0 Å². The first-order chi connectivity index (χ1) is 7.22. The maximum atomic E-state index is 11.0. The fourth-order valence-electron chi connectivity index (χ4n) is 1.01. The van der Waals surface area contributed by atoms with Gasteiger partial charge in [-0.05, 0) is 5.56 Å². The van der Waals surface area contributed by atoms with Crippen molar-refractivity contribution in [2.24, 2.45) is 0 Å². The molecule has 0 heterocycles. The van der Waals surface area contributed by atoms with Gasteiger partial charge in [0.2, 0.25) is 0 Å². The standard InChI is InChI=1S/C11H12O4/c12-7-10(13)6-11(14)15-8-9-4-2-1-3-5-9/h1-5,12H,6-8H2. The lowest BCUT2D eigenvalue weighted by Crippen LogP contribution is -2.13. The van der Waals surface area contributed by atoms with E-state index in [1.807, 2.05) is 30.3 Å². The van der Waals surface area contributed by atoms with E-state index in [2.05, 4.69) is 0 Å². The van der Waals surface area contributed by atoms with E-state index in [1.54, 1.807) is 0 Å². The van der Waals surface area contributed by atoms with Gasteiger partial charge >= 0.3 is 5.97 Å². The molecule has 15 heavy (non-hydrogen) atoms. The number of Topliss-reactive ketones (excluding diaryl/α,β-unsaturated/α-hetero) is 1. The molecule has 0 spiro atoms. The third-order valence-corrected chi connectivity index (χ3v) is 1.76. The first kappa shape index (κ1) is 11.4. The van der Waals surface area contributed by atoms with Crippen LogP contribution in [0.5, 0.6) is 0 Å². The van der Waals surface area contributed by atoms with Crippen molar-refractivity contribution in [3.8, 4) is 0 Å². The molecule has 0 saturated heterocycles. The molecule has 0 aromatic heterocycles. The fourth-order valence-corrected chi connectivity index (χ4v) is 1.01. The van der Waals surface area contributed by atoms with Crippen LogP contribution < -0.4 is 0 Å². The minimum Gasteiger partial charge on any atom is -0.460 e. The normalized spacial score (nSPS) is 9.67. The molecule has 80 valence electrons. The average Bonchev–Trinajstić information content (AvgIpc) is 2.27. The lowest BCUT2D eigenvalue weighted by atomic mass is 10.2. The minimum absolute atomic E-state index is 0.151. The largest absolute Gasteiger partial charge is 0.460 e. The highest BCUT2D eigenvalue weighted by Crippen LogP contribution is 2.01. The summed E-state index contributed by atoms with van der Waals surface area (Å²) in [7, 11) is 0. The summed E-state index contributed by atoms with van der Waals surface area (Å²) in [5.74, 6) is -1.15. The van der Waals surface area contributed by atoms with Crippen LogP contribution in [-0.2, 0) is 20.9 Å². The summed E-state index contributed by atoms with van der Waals surface area (Å²) in [6, 6.07) is 9.17. The summed E-state index contributed by atoms with van der Waals surface area (Å²) in [4.78, 5) is 21.7. The Bertz CT molecular complexity index is 332. The van der Waals surface area contributed by atoms with Crippen molar-refractivity contribution < 1.29 is 19.4 Å². The summed E-state index contributed by atoms with van der Waals surface area (Å²) in [6.07, 6.45) is -0.372. The van der Waals surface area contributed by atoms with E-state index >= 15 is 0 Å². The van der Waals surface area contributed by atoms with Gasteiger partial charge in [0.05, 0.1) is 0 Å². The van der Waals surface area contributed by atoms with E-state index in [1.165, 1.54) is 0 Å². The highest BCUT2D eigenvalue weighted by atomic mass is 16.5. The Morgan fingerprint density at radius 3 is 2.47 bits per heavy atom. The molecule has 0 fully saturated rings. The first-order valence-corrected chi connectivity index (χ1v) is 4.54. The van der Waals surface area contributed by atoms with Crippen molar-refractivity contribution >= 4 is 11.8 Å². The Labute approximate surface area is 87.5 Å². The zero-order valence-electron chi connectivity index (χ0n) is 8.18. The van der Waals surface area contributed by atoms with E-state index in [0.29, 0.717) is 0 Å². The number of ether oxygens (including phenoxy) is 1. The number of hydrogen-bond acceptors (Lipinski definition) is 4. The Morgan fingerprint density at radius 1 is 1.20 bits per heavy atom. The van der Waals surface area contributed by atoms with Crippen LogP contribution in [0.3, 0.4) is 0 Å². The Balaban J connectivity index is 2.32. The average molecular weight is 208 g/mol. The molecule has 1 aromatic rings. The van der Waals surface area contributed by atoms with Crippen LogP contribution in [0.15, 0.2) is 30.3 Å². The van der Waals surface area contributed by atoms with Gasteiger partial charge in [0, 0.05) is 0 Å². The molecule has 0 atom stereocenters. The topological polar surface area (TPSA) is 63.6 Å². The predicted molar refractivity (Wildman–Crippen MR) is 52.9 cm³/mol. The van der Waals surface area contributed by atoms with Crippen molar-refractivity contribution in [3.63, 3.8) is 0 Å². The number of esters is 1. The van der Waals surface area contributed by atoms with Gasteiger partial charge in [0.25, 0.3) is 0 Å². The van der Waals surface area contributed by atoms with Crippen LogP contribution in [0.2, 0.25) is 0 Å². The van der Waals surface area contributed by atoms with Crippen LogP contribution in [0, 0.1) is 0 Å². The Kier molecular flexibility index (Phi) is 4.50. The monoisotopic (exact) mass is 208 g/mol. The first-order valence-electron chi connectivity index (χ1n) is 4.54. The number of hydrogen-bond donors (Lipinski definition) is 1. The van der Waals surface area contributed by atoms with Crippen molar-refractivity contribution in [2.45, 2.75) is 13.0 Å². The summed E-state index contributed by atoms with van der Waals surface area (Å²) < 4.78 is 4.83. The number of aliphatic hydroxyl groups is 1. The summed E-state index contributed by atoms with van der Waals surface area (Å²) >= 11 is 0. The van der Waals surface area contributed by atoms with E-state index in [9.17, 15) is 9.59 Å². The summed E-state index contributed by atoms with van der Waals surface area (Å²) in [6.45, 7) is -0.473. The van der Waals surface area contributed by atoms with E-state index in [0.717, 1.165) is 5.56 Å². The molecule has 4 nitrogen and oxygen atoms in total. The number of benzene rings is 1. The highest BCUT2D eigenvalue weighted by Gasteiger charge is 2.09. The van der Waals surface area contributed by atoms with Gasteiger partial charge < -0.3 is 9.84 Å². The molecule has 1 aromatic carbocycles. The van der Waals surface area contributed by atoms with Crippen LogP contribution in [0.4, 0.5) is 0 Å². The molecule has 1 rings (SSSR count). The molecule has 0 unspecified atom stereocenters. The van der Waals surface area contributed by atoms with Gasteiger partial charge in [-0.3, -0.25) is 9.59 Å².